The lowest BCUT2D eigenvalue weighted by atomic mass is 9.95. The number of nitriles is 1. The number of para-hydroxylation sites is 1. The van der Waals surface area contributed by atoms with Crippen LogP contribution in [0.15, 0.2) is 89.1 Å². The van der Waals surface area contributed by atoms with E-state index in [0.717, 1.165) is 46.6 Å². The van der Waals surface area contributed by atoms with E-state index < -0.39 is 0 Å². The zero-order chi connectivity index (χ0) is 29.4. The van der Waals surface area contributed by atoms with Gasteiger partial charge in [0.1, 0.15) is 5.76 Å². The Morgan fingerprint density at radius 1 is 1.12 bits per heavy atom. The summed E-state index contributed by atoms with van der Waals surface area (Å²) in [5, 5.41) is 9.16. The molecule has 0 aliphatic carbocycles. The lowest BCUT2D eigenvalue weighted by Gasteiger charge is -2.45. The smallest absolute Gasteiger partial charge is 0.222 e. The molecule has 3 rings (SSSR count). The molecule has 1 heterocycles. The van der Waals surface area contributed by atoms with Crippen LogP contribution in [0.2, 0.25) is 0 Å². The van der Waals surface area contributed by atoms with Gasteiger partial charge in [-0.15, -0.1) is 0 Å². The molecule has 40 heavy (non-hydrogen) atoms. The van der Waals surface area contributed by atoms with Crippen LogP contribution in [0, 0.1) is 11.3 Å². The molecule has 0 N–H and O–H groups in total. The Kier molecular flexibility index (Phi) is 10.3. The summed E-state index contributed by atoms with van der Waals surface area (Å²) in [5.41, 5.74) is 6.96. The average Bonchev–Trinajstić information content (AvgIpc) is 2.97. The highest BCUT2D eigenvalue weighted by atomic mass is 16.5. The molecule has 0 bridgehead atoms. The van der Waals surface area contributed by atoms with Crippen molar-refractivity contribution >= 4 is 24.1 Å². The minimum atomic E-state index is 0.150. The molecule has 2 atom stereocenters. The molecule has 2 unspecified atom stereocenters. The second kappa shape index (κ2) is 13.6. The number of ether oxygens (including phenoxy) is 1. The van der Waals surface area contributed by atoms with Crippen molar-refractivity contribution in [1.29, 1.82) is 5.26 Å². The Morgan fingerprint density at radius 3 is 2.30 bits per heavy atom. The van der Waals surface area contributed by atoms with Gasteiger partial charge in [-0.1, -0.05) is 49.9 Å². The first-order chi connectivity index (χ1) is 19.2. The maximum Gasteiger partial charge on any atom is 0.222 e. The number of nitrogens with zero attached hydrogens (tertiary/aromatic N) is 4. The number of allylic oxidation sites excluding steroid dienone is 6. The average molecular weight is 537 g/mol. The predicted molar refractivity (Wildman–Crippen MR) is 165 cm³/mol. The summed E-state index contributed by atoms with van der Waals surface area (Å²) in [6.45, 7) is 19.8. The third-order valence-electron chi connectivity index (χ3n) is 7.47. The van der Waals surface area contributed by atoms with Crippen molar-refractivity contribution in [2.45, 2.75) is 53.1 Å². The molecule has 1 aliphatic rings. The van der Waals surface area contributed by atoms with Gasteiger partial charge in [-0.2, -0.15) is 5.26 Å². The topological polar surface area (TPSA) is 68.9 Å². The first kappa shape index (κ1) is 30.2. The van der Waals surface area contributed by atoms with E-state index in [1.165, 1.54) is 0 Å². The van der Waals surface area contributed by atoms with E-state index in [2.05, 4.69) is 62.2 Å². The number of hydrogen-bond acceptors (Lipinski definition) is 5. The molecule has 6 nitrogen and oxygen atoms in total. The van der Waals surface area contributed by atoms with Crippen LogP contribution in [-0.4, -0.2) is 54.7 Å². The molecule has 6 heteroatoms. The standard InChI is InChI=1S/C34H40N4O2/c1-9-28(17-14-23(3)37-21-24(4)38(25(5)22-37)32(39)10-2)26(6)34(40-8)31-13-11-12-30(33(31)36-7)29-18-15-27(20-35)16-19-29/h9,11-19,24-25H,1,7,10,21-22H2,2-6,8H3/b23-14+,28-17+,34-26-. The Hall–Kier alpha value is -4.37. The van der Waals surface area contributed by atoms with Crippen LogP contribution < -0.4 is 0 Å². The van der Waals surface area contributed by atoms with Crippen LogP contribution >= 0.6 is 0 Å². The molecule has 1 saturated heterocycles. The van der Waals surface area contributed by atoms with Crippen molar-refractivity contribution in [2.75, 3.05) is 20.2 Å². The van der Waals surface area contributed by atoms with Crippen LogP contribution in [0.25, 0.3) is 16.9 Å². The molecule has 2 aromatic rings. The van der Waals surface area contributed by atoms with Gasteiger partial charge >= 0.3 is 0 Å². The summed E-state index contributed by atoms with van der Waals surface area (Å²) in [4.78, 5) is 21.1. The van der Waals surface area contributed by atoms with E-state index in [4.69, 9.17) is 10.00 Å². The summed E-state index contributed by atoms with van der Waals surface area (Å²) in [6.07, 6.45) is 6.51. The fourth-order valence-electron chi connectivity index (χ4n) is 5.40. The van der Waals surface area contributed by atoms with Gasteiger partial charge in [0, 0.05) is 48.4 Å². The van der Waals surface area contributed by atoms with Crippen molar-refractivity contribution < 1.29 is 9.53 Å². The van der Waals surface area contributed by atoms with E-state index in [1.807, 2.05) is 55.2 Å². The number of amides is 1. The third kappa shape index (κ3) is 6.43. The minimum absolute atomic E-state index is 0.150. The number of hydrogen-bond donors (Lipinski definition) is 0. The first-order valence-electron chi connectivity index (χ1n) is 13.6. The molecule has 1 fully saturated rings. The van der Waals surface area contributed by atoms with Gasteiger partial charge in [0.05, 0.1) is 24.4 Å². The van der Waals surface area contributed by atoms with Crippen molar-refractivity contribution in [3.63, 3.8) is 0 Å². The number of rotatable bonds is 9. The minimum Gasteiger partial charge on any atom is -0.496 e. The molecule has 1 amide bonds. The lowest BCUT2D eigenvalue weighted by molar-refractivity contribution is -0.138. The Labute approximate surface area is 239 Å². The largest absolute Gasteiger partial charge is 0.496 e. The first-order valence-corrected chi connectivity index (χ1v) is 13.6. The quantitative estimate of drug-likeness (QED) is 0.192. The van der Waals surface area contributed by atoms with Crippen LogP contribution in [-0.2, 0) is 9.53 Å². The number of benzene rings is 2. The number of piperazine rings is 1. The van der Waals surface area contributed by atoms with Gasteiger partial charge in [-0.25, -0.2) is 0 Å². The molecular formula is C34H40N4O2. The molecule has 1 aliphatic heterocycles. The van der Waals surface area contributed by atoms with Crippen molar-refractivity contribution in [2.24, 2.45) is 4.99 Å². The van der Waals surface area contributed by atoms with Crippen molar-refractivity contribution in [3.8, 4) is 17.2 Å². The third-order valence-corrected chi connectivity index (χ3v) is 7.47. The molecule has 0 saturated carbocycles. The lowest BCUT2D eigenvalue weighted by Crippen LogP contribution is -2.57. The fraction of sp³-hybridized carbons (Fsp3) is 0.324. The summed E-state index contributed by atoms with van der Waals surface area (Å²) in [6, 6.07) is 15.8. The predicted octanol–water partition coefficient (Wildman–Crippen LogP) is 7.28. The van der Waals surface area contributed by atoms with Gasteiger partial charge < -0.3 is 14.5 Å². The fourth-order valence-corrected chi connectivity index (χ4v) is 5.40. The van der Waals surface area contributed by atoms with Crippen LogP contribution in [0.3, 0.4) is 0 Å². The molecule has 2 aromatic carbocycles. The maximum absolute atomic E-state index is 12.4. The Balaban J connectivity index is 1.97. The van der Waals surface area contributed by atoms with Gasteiger partial charge in [0.25, 0.3) is 0 Å². The molecule has 0 radical (unpaired) electrons. The Morgan fingerprint density at radius 2 is 1.77 bits per heavy atom. The number of carbonyl (C=O) groups is 1. The zero-order valence-corrected chi connectivity index (χ0v) is 24.6. The monoisotopic (exact) mass is 536 g/mol. The van der Waals surface area contributed by atoms with E-state index in [-0.39, 0.29) is 18.0 Å². The highest BCUT2D eigenvalue weighted by Gasteiger charge is 2.31. The highest BCUT2D eigenvalue weighted by molar-refractivity contribution is 5.87. The number of carbonyl (C=O) groups excluding carboxylic acids is 1. The van der Waals surface area contributed by atoms with Crippen molar-refractivity contribution in [3.05, 3.63) is 95.2 Å². The summed E-state index contributed by atoms with van der Waals surface area (Å²) in [5.74, 6) is 0.892. The van der Waals surface area contributed by atoms with Crippen LogP contribution in [0.5, 0.6) is 0 Å². The molecule has 0 aromatic heterocycles. The van der Waals surface area contributed by atoms with Crippen molar-refractivity contribution in [1.82, 2.24) is 9.80 Å². The second-order valence-corrected chi connectivity index (χ2v) is 10.1. The highest BCUT2D eigenvalue weighted by Crippen LogP contribution is 2.39. The summed E-state index contributed by atoms with van der Waals surface area (Å²) in [7, 11) is 1.65. The number of aliphatic imine (C=N–C) groups is 1. The van der Waals surface area contributed by atoms with E-state index in [1.54, 1.807) is 19.2 Å². The normalized spacial score (nSPS) is 18.5. The van der Waals surface area contributed by atoms with Gasteiger partial charge in [-0.05, 0) is 75.4 Å². The second-order valence-electron chi connectivity index (χ2n) is 10.1. The van der Waals surface area contributed by atoms with Gasteiger partial charge in [0.2, 0.25) is 5.91 Å². The van der Waals surface area contributed by atoms with E-state index in [0.29, 0.717) is 23.4 Å². The van der Waals surface area contributed by atoms with E-state index >= 15 is 0 Å². The summed E-state index contributed by atoms with van der Waals surface area (Å²) >= 11 is 0. The molecular weight excluding hydrogens is 496 g/mol. The summed E-state index contributed by atoms with van der Waals surface area (Å²) < 4.78 is 5.94. The van der Waals surface area contributed by atoms with Crippen LogP contribution in [0.1, 0.15) is 52.2 Å². The zero-order valence-electron chi connectivity index (χ0n) is 24.6. The van der Waals surface area contributed by atoms with Gasteiger partial charge in [-0.3, -0.25) is 9.79 Å². The number of methoxy groups -OCH3 is 1. The SMILES string of the molecule is C=CC(=C\C=C(/C)N1CC(C)N(C(=O)CC)C(C)C1)/C(C)=C(\OC)c1cccc(-c2ccc(C#N)cc2)c1N=C. The maximum atomic E-state index is 12.4. The van der Waals surface area contributed by atoms with E-state index in [9.17, 15) is 4.79 Å². The Bertz CT molecular complexity index is 1380. The molecule has 208 valence electrons. The molecule has 0 spiro atoms. The van der Waals surface area contributed by atoms with Crippen LogP contribution in [0.4, 0.5) is 5.69 Å². The van der Waals surface area contributed by atoms with Gasteiger partial charge in [0.15, 0.2) is 0 Å².